The Morgan fingerprint density at radius 3 is 2.71 bits per heavy atom. The van der Waals surface area contributed by atoms with Crippen LogP contribution in [0.3, 0.4) is 0 Å². The van der Waals surface area contributed by atoms with E-state index in [1.165, 1.54) is 24.0 Å². The fourth-order valence-electron chi connectivity index (χ4n) is 3.08. The number of benzene rings is 2. The summed E-state index contributed by atoms with van der Waals surface area (Å²) in [5, 5.41) is 3.07. The van der Waals surface area contributed by atoms with Gasteiger partial charge in [-0.3, -0.25) is 4.79 Å². The van der Waals surface area contributed by atoms with Crippen LogP contribution in [0.4, 0.5) is 0 Å². The van der Waals surface area contributed by atoms with Crippen molar-refractivity contribution in [3.63, 3.8) is 0 Å². The van der Waals surface area contributed by atoms with Crippen LogP contribution in [0, 0.1) is 0 Å². The fourth-order valence-corrected chi connectivity index (χ4v) is 3.08. The van der Waals surface area contributed by atoms with Crippen LogP contribution in [0.2, 0.25) is 0 Å². The fraction of sp³-hybridized carbons (Fsp3) is 0.286. The van der Waals surface area contributed by atoms with Gasteiger partial charge in [-0.25, -0.2) is 0 Å². The van der Waals surface area contributed by atoms with E-state index in [4.69, 9.17) is 4.74 Å². The minimum absolute atomic E-state index is 0.0138. The molecule has 1 amide bonds. The zero-order valence-corrected chi connectivity index (χ0v) is 14.0. The van der Waals surface area contributed by atoms with Gasteiger partial charge in [-0.15, -0.1) is 0 Å². The zero-order valence-electron chi connectivity index (χ0n) is 14.0. The molecule has 0 saturated carbocycles. The number of nitrogens with one attached hydrogen (secondary N) is 1. The van der Waals surface area contributed by atoms with Crippen molar-refractivity contribution in [2.75, 3.05) is 6.61 Å². The van der Waals surface area contributed by atoms with E-state index >= 15 is 0 Å². The Kier molecular flexibility index (Phi) is 4.99. The maximum Gasteiger partial charge on any atom is 0.251 e. The highest BCUT2D eigenvalue weighted by molar-refractivity contribution is 5.94. The van der Waals surface area contributed by atoms with Crippen LogP contribution in [0.1, 0.15) is 46.4 Å². The molecule has 1 N–H and O–H groups in total. The largest absolute Gasteiger partial charge is 0.490 e. The lowest BCUT2D eigenvalue weighted by molar-refractivity contribution is 0.0940. The van der Waals surface area contributed by atoms with Crippen molar-refractivity contribution in [3.8, 4) is 5.75 Å². The molecule has 3 nitrogen and oxygen atoms in total. The van der Waals surface area contributed by atoms with E-state index in [9.17, 15) is 4.79 Å². The lowest BCUT2D eigenvalue weighted by Gasteiger charge is -2.16. The molecule has 0 bridgehead atoms. The first-order chi connectivity index (χ1) is 11.7. The predicted octanol–water partition coefficient (Wildman–Crippen LogP) is 4.23. The number of hydrogen-bond donors (Lipinski definition) is 1. The molecule has 124 valence electrons. The topological polar surface area (TPSA) is 38.3 Å². The van der Waals surface area contributed by atoms with Gasteiger partial charge in [-0.2, -0.15) is 0 Å². The third kappa shape index (κ3) is 3.67. The number of hydrogen-bond acceptors (Lipinski definition) is 2. The maximum atomic E-state index is 12.4. The SMILES string of the molecule is C=CCOc1ccc(C(=O)N[C@@H](C)c2ccc3c(c2)CCC3)cc1. The molecule has 0 aromatic heterocycles. The maximum absolute atomic E-state index is 12.4. The molecule has 1 aliphatic rings. The van der Waals surface area contributed by atoms with Gasteiger partial charge in [0.1, 0.15) is 12.4 Å². The molecule has 0 aliphatic heterocycles. The molecular formula is C21H23NO2. The van der Waals surface area contributed by atoms with Crippen molar-refractivity contribution in [2.45, 2.75) is 32.2 Å². The molecule has 3 heteroatoms. The van der Waals surface area contributed by atoms with E-state index in [0.717, 1.165) is 17.7 Å². The van der Waals surface area contributed by atoms with Gasteiger partial charge >= 0.3 is 0 Å². The van der Waals surface area contributed by atoms with Crippen LogP contribution in [-0.4, -0.2) is 12.5 Å². The number of rotatable bonds is 6. The summed E-state index contributed by atoms with van der Waals surface area (Å²) in [4.78, 5) is 12.4. The Balaban J connectivity index is 1.64. The van der Waals surface area contributed by atoms with E-state index in [0.29, 0.717) is 12.2 Å². The summed E-state index contributed by atoms with van der Waals surface area (Å²) in [6, 6.07) is 13.7. The molecule has 0 radical (unpaired) electrons. The van der Waals surface area contributed by atoms with Gasteiger partial charge in [0.15, 0.2) is 0 Å². The highest BCUT2D eigenvalue weighted by Crippen LogP contribution is 2.25. The van der Waals surface area contributed by atoms with E-state index in [-0.39, 0.29) is 11.9 Å². The number of amides is 1. The molecule has 1 atom stereocenters. The van der Waals surface area contributed by atoms with Crippen molar-refractivity contribution < 1.29 is 9.53 Å². The molecule has 0 unspecified atom stereocenters. The van der Waals surface area contributed by atoms with Gasteiger partial charge < -0.3 is 10.1 Å². The van der Waals surface area contributed by atoms with E-state index in [1.807, 2.05) is 6.92 Å². The second kappa shape index (κ2) is 7.35. The van der Waals surface area contributed by atoms with Crippen LogP contribution in [0.15, 0.2) is 55.1 Å². The molecule has 24 heavy (non-hydrogen) atoms. The number of carbonyl (C=O) groups excluding carboxylic acids is 1. The monoisotopic (exact) mass is 321 g/mol. The minimum atomic E-state index is -0.0710. The van der Waals surface area contributed by atoms with Crippen LogP contribution in [-0.2, 0) is 12.8 Å². The Hall–Kier alpha value is -2.55. The van der Waals surface area contributed by atoms with Gasteiger partial charge in [0, 0.05) is 5.56 Å². The molecule has 0 fully saturated rings. The van der Waals surface area contributed by atoms with Crippen LogP contribution in [0.25, 0.3) is 0 Å². The van der Waals surface area contributed by atoms with E-state index in [1.54, 1.807) is 30.3 Å². The normalized spacial score (nSPS) is 13.9. The van der Waals surface area contributed by atoms with Crippen LogP contribution < -0.4 is 10.1 Å². The van der Waals surface area contributed by atoms with E-state index in [2.05, 4.69) is 30.1 Å². The zero-order chi connectivity index (χ0) is 16.9. The number of fused-ring (bicyclic) bond motifs is 1. The van der Waals surface area contributed by atoms with Crippen molar-refractivity contribution in [1.82, 2.24) is 5.32 Å². The molecule has 2 aromatic carbocycles. The smallest absolute Gasteiger partial charge is 0.251 e. The second-order valence-corrected chi connectivity index (χ2v) is 6.20. The Morgan fingerprint density at radius 1 is 1.21 bits per heavy atom. The highest BCUT2D eigenvalue weighted by Gasteiger charge is 2.15. The van der Waals surface area contributed by atoms with Gasteiger partial charge in [-0.05, 0) is 67.1 Å². The first kappa shape index (κ1) is 16.3. The molecule has 1 aliphatic carbocycles. The quantitative estimate of drug-likeness (QED) is 0.809. The van der Waals surface area contributed by atoms with Crippen molar-refractivity contribution in [1.29, 1.82) is 0 Å². The lowest BCUT2D eigenvalue weighted by Crippen LogP contribution is -2.26. The summed E-state index contributed by atoms with van der Waals surface area (Å²) in [5.41, 5.74) is 4.67. The van der Waals surface area contributed by atoms with Crippen molar-refractivity contribution >= 4 is 5.91 Å². The van der Waals surface area contributed by atoms with Gasteiger partial charge in [-0.1, -0.05) is 30.9 Å². The summed E-state index contributed by atoms with van der Waals surface area (Å²) >= 11 is 0. The summed E-state index contributed by atoms with van der Waals surface area (Å²) in [5.74, 6) is 0.663. The van der Waals surface area contributed by atoms with Gasteiger partial charge in [0.05, 0.1) is 6.04 Å². The summed E-state index contributed by atoms with van der Waals surface area (Å²) < 4.78 is 5.43. The summed E-state index contributed by atoms with van der Waals surface area (Å²) in [6.45, 7) is 6.10. The minimum Gasteiger partial charge on any atom is -0.490 e. The van der Waals surface area contributed by atoms with Gasteiger partial charge in [0.25, 0.3) is 5.91 Å². The molecule has 0 saturated heterocycles. The predicted molar refractivity (Wildman–Crippen MR) is 96.5 cm³/mol. The molecule has 0 heterocycles. The van der Waals surface area contributed by atoms with Gasteiger partial charge in [0.2, 0.25) is 0 Å². The average Bonchev–Trinajstić information content (AvgIpc) is 3.08. The third-order valence-electron chi connectivity index (χ3n) is 4.45. The molecule has 3 rings (SSSR count). The molecular weight excluding hydrogens is 298 g/mol. The Morgan fingerprint density at radius 2 is 1.96 bits per heavy atom. The Bertz CT molecular complexity index is 734. The lowest BCUT2D eigenvalue weighted by atomic mass is 10.0. The first-order valence-corrected chi connectivity index (χ1v) is 8.43. The van der Waals surface area contributed by atoms with Crippen molar-refractivity contribution in [2.24, 2.45) is 0 Å². The Labute approximate surface area is 143 Å². The molecule has 0 spiro atoms. The van der Waals surface area contributed by atoms with Crippen LogP contribution in [0.5, 0.6) is 5.75 Å². The summed E-state index contributed by atoms with van der Waals surface area (Å²) in [6.07, 6.45) is 5.26. The first-order valence-electron chi connectivity index (χ1n) is 8.43. The van der Waals surface area contributed by atoms with Crippen LogP contribution >= 0.6 is 0 Å². The second-order valence-electron chi connectivity index (χ2n) is 6.20. The number of aryl methyl sites for hydroxylation is 2. The van der Waals surface area contributed by atoms with E-state index < -0.39 is 0 Å². The standard InChI is InChI=1S/C21H23NO2/c1-3-13-24-20-11-9-17(10-12-20)21(23)22-15(2)18-8-7-16-5-4-6-19(16)14-18/h3,7-12,14-15H,1,4-6,13H2,2H3,(H,22,23)/t15-/m0/s1. The molecule has 2 aromatic rings. The third-order valence-corrected chi connectivity index (χ3v) is 4.45. The van der Waals surface area contributed by atoms with Crippen molar-refractivity contribution in [3.05, 3.63) is 77.4 Å². The number of ether oxygens (including phenoxy) is 1. The number of carbonyl (C=O) groups is 1. The highest BCUT2D eigenvalue weighted by atomic mass is 16.5. The summed E-state index contributed by atoms with van der Waals surface area (Å²) in [7, 11) is 0. The average molecular weight is 321 g/mol.